The number of ether oxygens (including phenoxy) is 3. The monoisotopic (exact) mass is 320 g/mol. The van der Waals surface area contributed by atoms with Crippen molar-refractivity contribution in [3.63, 3.8) is 0 Å². The van der Waals surface area contributed by atoms with Gasteiger partial charge in [0.05, 0.1) is 23.7 Å². The molecule has 2 aromatic rings. The van der Waals surface area contributed by atoms with Crippen LogP contribution in [-0.2, 0) is 0 Å². The van der Waals surface area contributed by atoms with Crippen LogP contribution in [-0.4, -0.2) is 18.3 Å². The molecule has 2 rings (SSSR count). The van der Waals surface area contributed by atoms with E-state index in [-0.39, 0.29) is 24.1 Å². The quantitative estimate of drug-likeness (QED) is 0.748. The summed E-state index contributed by atoms with van der Waals surface area (Å²) >= 11 is 0. The fraction of sp³-hybridized carbons (Fsp3) is 0.500. The smallest absolute Gasteiger partial charge is 0.383 e. The number of hydrogen-bond acceptors (Lipinski definition) is 5. The van der Waals surface area contributed by atoms with Gasteiger partial charge in [-0.3, -0.25) is 0 Å². The third kappa shape index (κ3) is 4.18. The van der Waals surface area contributed by atoms with Crippen molar-refractivity contribution in [3.8, 4) is 17.2 Å². The Morgan fingerprint density at radius 3 is 1.96 bits per heavy atom. The predicted molar refractivity (Wildman–Crippen MR) is 89.8 cm³/mol. The normalized spacial score (nSPS) is 11.5. The van der Waals surface area contributed by atoms with Gasteiger partial charge < -0.3 is 18.6 Å². The lowest BCUT2D eigenvalue weighted by atomic mass is 10.2. The van der Waals surface area contributed by atoms with Gasteiger partial charge >= 0.3 is 5.63 Å². The van der Waals surface area contributed by atoms with Crippen molar-refractivity contribution in [1.29, 1.82) is 0 Å². The fourth-order valence-electron chi connectivity index (χ4n) is 2.17. The summed E-state index contributed by atoms with van der Waals surface area (Å²) in [5.74, 6) is 1.17. The maximum absolute atomic E-state index is 12.3. The van der Waals surface area contributed by atoms with Crippen LogP contribution >= 0.6 is 0 Å². The highest BCUT2D eigenvalue weighted by Crippen LogP contribution is 2.35. The van der Waals surface area contributed by atoms with Crippen LogP contribution in [0, 0.1) is 0 Å². The lowest BCUT2D eigenvalue weighted by Gasteiger charge is -2.18. The molecule has 0 aliphatic rings. The topological polar surface area (TPSA) is 57.9 Å². The molecule has 126 valence electrons. The van der Waals surface area contributed by atoms with Gasteiger partial charge in [0.25, 0.3) is 0 Å². The van der Waals surface area contributed by atoms with Crippen molar-refractivity contribution in [3.05, 3.63) is 28.6 Å². The highest BCUT2D eigenvalue weighted by molar-refractivity contribution is 5.86. The van der Waals surface area contributed by atoms with Crippen molar-refractivity contribution >= 4 is 11.0 Å². The molecule has 1 aromatic heterocycles. The Balaban J connectivity index is 2.63. The Kier molecular flexibility index (Phi) is 5.19. The molecule has 0 unspecified atom stereocenters. The number of fused-ring (bicyclic) bond motifs is 1. The first-order chi connectivity index (χ1) is 10.8. The SMILES string of the molecule is CC(C)Oc1ccc2c(OC(C)C)c(OC(C)C)c(=O)oc2c1. The molecule has 0 bridgehead atoms. The van der Waals surface area contributed by atoms with Crippen molar-refractivity contribution in [1.82, 2.24) is 0 Å². The predicted octanol–water partition coefficient (Wildman–Crippen LogP) is 4.15. The summed E-state index contributed by atoms with van der Waals surface area (Å²) in [4.78, 5) is 12.3. The van der Waals surface area contributed by atoms with E-state index in [1.807, 2.05) is 53.7 Å². The first kappa shape index (κ1) is 17.2. The van der Waals surface area contributed by atoms with Gasteiger partial charge in [-0.1, -0.05) is 0 Å². The maximum atomic E-state index is 12.3. The Hall–Kier alpha value is -2.17. The standard InChI is InChI=1S/C18H24O5/c1-10(2)20-13-7-8-14-15(9-13)23-18(19)17(22-12(5)6)16(14)21-11(3)4/h7-12H,1-6H3. The molecule has 1 heterocycles. The summed E-state index contributed by atoms with van der Waals surface area (Å²) in [6, 6.07) is 5.35. The van der Waals surface area contributed by atoms with E-state index in [2.05, 4.69) is 0 Å². The third-order valence-corrected chi connectivity index (χ3v) is 2.87. The summed E-state index contributed by atoms with van der Waals surface area (Å²) in [7, 11) is 0. The van der Waals surface area contributed by atoms with Crippen LogP contribution in [0.25, 0.3) is 11.0 Å². The van der Waals surface area contributed by atoms with Crippen molar-refractivity contribution < 1.29 is 18.6 Å². The molecule has 23 heavy (non-hydrogen) atoms. The lowest BCUT2D eigenvalue weighted by Crippen LogP contribution is -2.17. The minimum absolute atomic E-state index is 0.0362. The molecule has 0 radical (unpaired) electrons. The van der Waals surface area contributed by atoms with Crippen LogP contribution < -0.4 is 19.8 Å². The van der Waals surface area contributed by atoms with Gasteiger partial charge in [-0.25, -0.2) is 4.79 Å². The Morgan fingerprint density at radius 2 is 1.39 bits per heavy atom. The average molecular weight is 320 g/mol. The molecule has 0 fully saturated rings. The second kappa shape index (κ2) is 6.94. The van der Waals surface area contributed by atoms with Crippen molar-refractivity contribution in [2.75, 3.05) is 0 Å². The average Bonchev–Trinajstić information content (AvgIpc) is 2.41. The maximum Gasteiger partial charge on any atom is 0.383 e. The molecule has 0 aliphatic heterocycles. The Bertz CT molecular complexity index is 728. The van der Waals surface area contributed by atoms with Gasteiger partial charge in [-0.15, -0.1) is 0 Å². The molecule has 0 N–H and O–H groups in total. The van der Waals surface area contributed by atoms with E-state index in [4.69, 9.17) is 18.6 Å². The van der Waals surface area contributed by atoms with E-state index >= 15 is 0 Å². The molecule has 0 saturated carbocycles. The summed E-state index contributed by atoms with van der Waals surface area (Å²) < 4.78 is 22.5. The molecule has 5 nitrogen and oxygen atoms in total. The minimum Gasteiger partial charge on any atom is -0.491 e. The number of hydrogen-bond donors (Lipinski definition) is 0. The molecular formula is C18H24O5. The minimum atomic E-state index is -0.552. The van der Waals surface area contributed by atoms with Gasteiger partial charge in [0.1, 0.15) is 11.3 Å². The molecule has 0 spiro atoms. The molecule has 0 amide bonds. The molecule has 1 aromatic carbocycles. The molecule has 5 heteroatoms. The van der Waals surface area contributed by atoms with Gasteiger partial charge in [0.15, 0.2) is 5.75 Å². The Labute approximate surface area is 136 Å². The van der Waals surface area contributed by atoms with Crippen LogP contribution in [0.3, 0.4) is 0 Å². The van der Waals surface area contributed by atoms with E-state index in [0.29, 0.717) is 22.5 Å². The second-order valence-corrected chi connectivity index (χ2v) is 6.21. The zero-order valence-corrected chi connectivity index (χ0v) is 14.5. The van der Waals surface area contributed by atoms with E-state index in [0.717, 1.165) is 0 Å². The summed E-state index contributed by atoms with van der Waals surface area (Å²) in [6.45, 7) is 11.4. The fourth-order valence-corrected chi connectivity index (χ4v) is 2.17. The zero-order valence-electron chi connectivity index (χ0n) is 14.5. The summed E-state index contributed by atoms with van der Waals surface area (Å²) in [5.41, 5.74) is -0.136. The van der Waals surface area contributed by atoms with Crippen LogP contribution in [0.2, 0.25) is 0 Å². The molecular weight excluding hydrogens is 296 g/mol. The van der Waals surface area contributed by atoms with Gasteiger partial charge in [-0.2, -0.15) is 0 Å². The second-order valence-electron chi connectivity index (χ2n) is 6.21. The molecule has 0 aliphatic carbocycles. The van der Waals surface area contributed by atoms with Crippen LogP contribution in [0.1, 0.15) is 41.5 Å². The number of rotatable bonds is 6. The van der Waals surface area contributed by atoms with Crippen LogP contribution in [0.5, 0.6) is 17.2 Å². The highest BCUT2D eigenvalue weighted by Gasteiger charge is 2.20. The van der Waals surface area contributed by atoms with E-state index < -0.39 is 5.63 Å². The van der Waals surface area contributed by atoms with Crippen LogP contribution in [0.15, 0.2) is 27.4 Å². The first-order valence-electron chi connectivity index (χ1n) is 7.88. The van der Waals surface area contributed by atoms with Gasteiger partial charge in [0.2, 0.25) is 5.75 Å². The summed E-state index contributed by atoms with van der Waals surface area (Å²) in [6.07, 6.45) is -0.219. The van der Waals surface area contributed by atoms with E-state index in [1.165, 1.54) is 0 Å². The Morgan fingerprint density at radius 1 is 0.826 bits per heavy atom. The number of benzene rings is 1. The molecule has 0 atom stereocenters. The zero-order chi connectivity index (χ0) is 17.1. The van der Waals surface area contributed by atoms with Gasteiger partial charge in [0, 0.05) is 6.07 Å². The largest absolute Gasteiger partial charge is 0.491 e. The van der Waals surface area contributed by atoms with Gasteiger partial charge in [-0.05, 0) is 53.7 Å². The summed E-state index contributed by atoms with van der Waals surface area (Å²) in [5, 5.41) is 0.685. The first-order valence-corrected chi connectivity index (χ1v) is 7.88. The molecule has 0 saturated heterocycles. The third-order valence-electron chi connectivity index (χ3n) is 2.87. The van der Waals surface area contributed by atoms with Crippen molar-refractivity contribution in [2.24, 2.45) is 0 Å². The lowest BCUT2D eigenvalue weighted by molar-refractivity contribution is 0.193. The highest BCUT2D eigenvalue weighted by atomic mass is 16.5. The van der Waals surface area contributed by atoms with E-state index in [1.54, 1.807) is 6.07 Å². The van der Waals surface area contributed by atoms with Crippen LogP contribution in [0.4, 0.5) is 0 Å². The van der Waals surface area contributed by atoms with Crippen molar-refractivity contribution in [2.45, 2.75) is 59.9 Å². The van der Waals surface area contributed by atoms with E-state index in [9.17, 15) is 4.79 Å².